The maximum Gasteiger partial charge on any atom is 0.277 e. The molecule has 11 nitrogen and oxygen atoms in total. The molecule has 0 saturated carbocycles. The van der Waals surface area contributed by atoms with E-state index >= 15 is 0 Å². The van der Waals surface area contributed by atoms with Gasteiger partial charge in [0.25, 0.3) is 11.4 Å². The van der Waals surface area contributed by atoms with Crippen LogP contribution in [0.15, 0.2) is 65.3 Å². The minimum absolute atomic E-state index is 0.205. The first-order valence-electron chi connectivity index (χ1n) is 9.09. The summed E-state index contributed by atoms with van der Waals surface area (Å²) in [5.74, 6) is 0.851. The summed E-state index contributed by atoms with van der Waals surface area (Å²) in [5, 5.41) is 22.7. The highest BCUT2D eigenvalue weighted by atomic mass is 16.6. The molecule has 5 rings (SSSR count). The Morgan fingerprint density at radius 1 is 0.871 bits per heavy atom. The number of para-hydroxylation sites is 2. The number of aromatic nitrogens is 4. The third kappa shape index (κ3) is 3.23. The van der Waals surface area contributed by atoms with Crippen molar-refractivity contribution in [2.75, 3.05) is 0 Å². The normalized spacial score (nSPS) is 11.2. The third-order valence-corrected chi connectivity index (χ3v) is 4.73. The second kappa shape index (κ2) is 6.99. The molecule has 0 unspecified atom stereocenters. The molecule has 0 spiro atoms. The van der Waals surface area contributed by atoms with E-state index in [4.69, 9.17) is 4.42 Å². The Kier molecular flexibility index (Phi) is 4.14. The average molecular weight is 416 g/mol. The molecule has 0 radical (unpaired) electrons. The molecule has 0 atom stereocenters. The van der Waals surface area contributed by atoms with Gasteiger partial charge in [0.05, 0.1) is 39.8 Å². The van der Waals surface area contributed by atoms with Gasteiger partial charge in [-0.15, -0.1) is 0 Å². The Morgan fingerprint density at radius 3 is 2.16 bits per heavy atom. The Bertz CT molecular complexity index is 1440. The van der Waals surface area contributed by atoms with Crippen LogP contribution in [0.3, 0.4) is 0 Å². The highest BCUT2D eigenvalue weighted by Gasteiger charge is 2.23. The van der Waals surface area contributed by atoms with Gasteiger partial charge in [-0.2, -0.15) is 0 Å². The lowest BCUT2D eigenvalue weighted by atomic mass is 10.1. The molecule has 152 valence electrons. The van der Waals surface area contributed by atoms with E-state index in [1.54, 1.807) is 22.8 Å². The maximum atomic E-state index is 11.3. The molecule has 0 N–H and O–H groups in total. The van der Waals surface area contributed by atoms with Gasteiger partial charge in [0.2, 0.25) is 0 Å². The molecule has 0 aliphatic rings. The van der Waals surface area contributed by atoms with E-state index < -0.39 is 21.2 Å². The largest absolute Gasteiger partial charge is 0.467 e. The van der Waals surface area contributed by atoms with E-state index in [-0.39, 0.29) is 17.9 Å². The number of hydrogen-bond donors (Lipinski definition) is 0. The van der Waals surface area contributed by atoms with Gasteiger partial charge in [-0.3, -0.25) is 24.8 Å². The topological polar surface area (TPSA) is 143 Å². The quantitative estimate of drug-likeness (QED) is 0.308. The van der Waals surface area contributed by atoms with Gasteiger partial charge in [0, 0.05) is 17.7 Å². The van der Waals surface area contributed by atoms with Crippen molar-refractivity contribution in [2.24, 2.45) is 0 Å². The lowest BCUT2D eigenvalue weighted by molar-refractivity contribution is -0.394. The minimum atomic E-state index is -0.680. The van der Waals surface area contributed by atoms with E-state index in [1.807, 2.05) is 18.2 Å². The van der Waals surface area contributed by atoms with Gasteiger partial charge in [-0.25, -0.2) is 15.0 Å². The smallest absolute Gasteiger partial charge is 0.277 e. The number of fused-ring (bicyclic) bond motifs is 2. The standard InChI is InChI=1S/C20H12N6O5/c27-25(28)13-8-12(9-14(10-13)26(29)30)19-23-18-20(24(19)11-15-4-3-7-31-15)22-17-6-2-1-5-16(17)21-18/h1-10H,11H2. The van der Waals surface area contributed by atoms with Gasteiger partial charge in [-0.1, -0.05) is 12.1 Å². The Morgan fingerprint density at radius 2 is 1.55 bits per heavy atom. The van der Waals surface area contributed by atoms with Crippen molar-refractivity contribution in [1.29, 1.82) is 0 Å². The Hall–Kier alpha value is -4.67. The summed E-state index contributed by atoms with van der Waals surface area (Å²) in [6.07, 6.45) is 1.52. The first-order chi connectivity index (χ1) is 15.0. The van der Waals surface area contributed by atoms with E-state index in [0.29, 0.717) is 28.1 Å². The number of nitro groups is 2. The lowest BCUT2D eigenvalue weighted by Gasteiger charge is -2.07. The lowest BCUT2D eigenvalue weighted by Crippen LogP contribution is -2.03. The summed E-state index contributed by atoms with van der Waals surface area (Å²) < 4.78 is 7.12. The molecular formula is C20H12N6O5. The number of nitrogens with zero attached hydrogens (tertiary/aromatic N) is 6. The van der Waals surface area contributed by atoms with Gasteiger partial charge < -0.3 is 4.42 Å². The number of nitro benzene ring substituents is 2. The molecule has 0 aliphatic carbocycles. The predicted molar refractivity (Wildman–Crippen MR) is 109 cm³/mol. The number of non-ortho nitro benzene ring substituents is 2. The molecule has 31 heavy (non-hydrogen) atoms. The SMILES string of the molecule is O=[N+]([O-])c1cc(-c2nc3nc4ccccc4nc3n2Cc2ccco2)cc([N+](=O)[O-])c1. The average Bonchev–Trinajstić information content (AvgIpc) is 3.40. The molecule has 2 aromatic carbocycles. The van der Waals surface area contributed by atoms with Crippen molar-refractivity contribution < 1.29 is 14.3 Å². The molecule has 0 bridgehead atoms. The van der Waals surface area contributed by atoms with E-state index in [2.05, 4.69) is 15.0 Å². The summed E-state index contributed by atoms with van der Waals surface area (Å²) in [7, 11) is 0. The number of rotatable bonds is 5. The van der Waals surface area contributed by atoms with Crippen molar-refractivity contribution in [2.45, 2.75) is 6.54 Å². The summed E-state index contributed by atoms with van der Waals surface area (Å²) in [6.45, 7) is 0.211. The number of hydrogen-bond acceptors (Lipinski definition) is 8. The zero-order valence-electron chi connectivity index (χ0n) is 15.7. The van der Waals surface area contributed by atoms with Crippen LogP contribution >= 0.6 is 0 Å². The second-order valence-corrected chi connectivity index (χ2v) is 6.71. The Balaban J connectivity index is 1.80. The summed E-state index contributed by atoms with van der Waals surface area (Å²) in [6, 6.07) is 14.2. The minimum Gasteiger partial charge on any atom is -0.467 e. The molecule has 0 fully saturated rings. The van der Waals surface area contributed by atoms with Gasteiger partial charge in [-0.05, 0) is 24.3 Å². The zero-order chi connectivity index (χ0) is 21.5. The fourth-order valence-electron chi connectivity index (χ4n) is 3.36. The van der Waals surface area contributed by atoms with Crippen LogP contribution < -0.4 is 0 Å². The molecule has 11 heteroatoms. The van der Waals surface area contributed by atoms with Crippen LogP contribution in [0.4, 0.5) is 11.4 Å². The van der Waals surface area contributed by atoms with Crippen molar-refractivity contribution in [1.82, 2.24) is 19.5 Å². The van der Waals surface area contributed by atoms with Crippen molar-refractivity contribution in [3.63, 3.8) is 0 Å². The fourth-order valence-corrected chi connectivity index (χ4v) is 3.36. The fraction of sp³-hybridized carbons (Fsp3) is 0.0500. The maximum absolute atomic E-state index is 11.3. The molecular weight excluding hydrogens is 404 g/mol. The first-order valence-corrected chi connectivity index (χ1v) is 9.09. The van der Waals surface area contributed by atoms with Crippen LogP contribution in [0.5, 0.6) is 0 Å². The van der Waals surface area contributed by atoms with Crippen LogP contribution in [-0.4, -0.2) is 29.4 Å². The third-order valence-electron chi connectivity index (χ3n) is 4.73. The highest BCUT2D eigenvalue weighted by Crippen LogP contribution is 2.31. The van der Waals surface area contributed by atoms with Gasteiger partial charge in [0.1, 0.15) is 11.6 Å². The summed E-state index contributed by atoms with van der Waals surface area (Å²) in [4.78, 5) is 35.0. The zero-order valence-corrected chi connectivity index (χ0v) is 15.7. The van der Waals surface area contributed by atoms with Crippen LogP contribution in [0.25, 0.3) is 33.7 Å². The molecule has 5 aromatic rings. The second-order valence-electron chi connectivity index (χ2n) is 6.71. The number of benzene rings is 2. The molecule has 0 aliphatic heterocycles. The van der Waals surface area contributed by atoms with E-state index in [0.717, 1.165) is 6.07 Å². The van der Waals surface area contributed by atoms with Crippen LogP contribution in [-0.2, 0) is 6.54 Å². The first kappa shape index (κ1) is 18.4. The number of imidazole rings is 1. The monoisotopic (exact) mass is 416 g/mol. The van der Waals surface area contributed by atoms with Crippen LogP contribution in [0.2, 0.25) is 0 Å². The van der Waals surface area contributed by atoms with Crippen molar-refractivity contribution in [3.8, 4) is 11.4 Å². The van der Waals surface area contributed by atoms with E-state index in [1.165, 1.54) is 18.4 Å². The van der Waals surface area contributed by atoms with E-state index in [9.17, 15) is 20.2 Å². The summed E-state index contributed by atoms with van der Waals surface area (Å²) >= 11 is 0. The predicted octanol–water partition coefficient (Wildman–Crippen LogP) is 4.10. The van der Waals surface area contributed by atoms with Gasteiger partial charge in [0.15, 0.2) is 11.3 Å². The molecule has 0 amide bonds. The van der Waals surface area contributed by atoms with Crippen LogP contribution in [0, 0.1) is 20.2 Å². The Labute approximate surface area is 172 Å². The summed E-state index contributed by atoms with van der Waals surface area (Å²) in [5.41, 5.74) is 1.41. The molecule has 0 saturated heterocycles. The van der Waals surface area contributed by atoms with Gasteiger partial charge >= 0.3 is 0 Å². The van der Waals surface area contributed by atoms with Crippen molar-refractivity contribution >= 4 is 33.7 Å². The van der Waals surface area contributed by atoms with Crippen molar-refractivity contribution in [3.05, 3.63) is 86.8 Å². The number of furan rings is 1. The molecule has 3 heterocycles. The highest BCUT2D eigenvalue weighted by molar-refractivity contribution is 5.85. The van der Waals surface area contributed by atoms with Crippen LogP contribution in [0.1, 0.15) is 5.76 Å². The molecule has 3 aromatic heterocycles.